The van der Waals surface area contributed by atoms with Crippen LogP contribution >= 0.6 is 0 Å². The van der Waals surface area contributed by atoms with Gasteiger partial charge in [0.15, 0.2) is 9.84 Å². The number of carboxylic acids is 1. The Balaban J connectivity index is 2.80. The number of carbonyl (C=O) groups is 1. The molecule has 0 aliphatic rings. The second-order valence-corrected chi connectivity index (χ2v) is 6.44. The molecule has 0 heterocycles. The van der Waals surface area contributed by atoms with Crippen LogP contribution in [0.3, 0.4) is 0 Å². The van der Waals surface area contributed by atoms with E-state index in [2.05, 4.69) is 0 Å². The lowest BCUT2D eigenvalue weighted by atomic mass is 10.0. The molecule has 5 nitrogen and oxygen atoms in total. The summed E-state index contributed by atoms with van der Waals surface area (Å²) in [6.45, 7) is 0. The molecule has 0 radical (unpaired) electrons. The van der Waals surface area contributed by atoms with Gasteiger partial charge in [0.25, 0.3) is 0 Å². The third kappa shape index (κ3) is 2.75. The van der Waals surface area contributed by atoms with E-state index in [4.69, 9.17) is 9.84 Å². The van der Waals surface area contributed by atoms with E-state index in [0.29, 0.717) is 16.5 Å². The summed E-state index contributed by atoms with van der Waals surface area (Å²) >= 11 is 0. The molecule has 0 spiro atoms. The van der Waals surface area contributed by atoms with Crippen LogP contribution in [0.2, 0.25) is 0 Å². The van der Waals surface area contributed by atoms with E-state index >= 15 is 0 Å². The SMILES string of the molecule is COc1ccc2c(S(C)(=O)=O)c(CC(=O)O)ccc2c1. The Morgan fingerprint density at radius 1 is 1.25 bits per heavy atom. The van der Waals surface area contributed by atoms with Gasteiger partial charge in [-0.1, -0.05) is 12.1 Å². The van der Waals surface area contributed by atoms with Crippen LogP contribution < -0.4 is 4.74 Å². The van der Waals surface area contributed by atoms with Crippen LogP contribution in [0.4, 0.5) is 0 Å². The Labute approximate surface area is 116 Å². The molecule has 6 heteroatoms. The Kier molecular flexibility index (Phi) is 3.67. The lowest BCUT2D eigenvalue weighted by molar-refractivity contribution is -0.136. The molecule has 2 aromatic carbocycles. The van der Waals surface area contributed by atoms with Gasteiger partial charge in [0.05, 0.1) is 18.4 Å². The van der Waals surface area contributed by atoms with Gasteiger partial charge in [-0.2, -0.15) is 0 Å². The standard InChI is InChI=1S/C14H14O5S/c1-19-11-5-6-12-9(7-11)3-4-10(8-13(15)16)14(12)20(2,17)18/h3-7H,8H2,1-2H3,(H,15,16). The first-order valence-electron chi connectivity index (χ1n) is 5.84. The Morgan fingerprint density at radius 3 is 2.50 bits per heavy atom. The molecule has 0 saturated heterocycles. The van der Waals surface area contributed by atoms with Crippen molar-refractivity contribution in [2.75, 3.05) is 13.4 Å². The fourth-order valence-electron chi connectivity index (χ4n) is 2.19. The molecular weight excluding hydrogens is 280 g/mol. The highest BCUT2D eigenvalue weighted by atomic mass is 32.2. The molecule has 2 rings (SSSR count). The fourth-order valence-corrected chi connectivity index (χ4v) is 3.39. The number of hydrogen-bond acceptors (Lipinski definition) is 4. The van der Waals surface area contributed by atoms with Gasteiger partial charge in [0, 0.05) is 11.6 Å². The third-order valence-electron chi connectivity index (χ3n) is 2.97. The number of carboxylic acid groups (broad SMARTS) is 1. The first-order chi connectivity index (χ1) is 9.32. The minimum absolute atomic E-state index is 0.0695. The van der Waals surface area contributed by atoms with Gasteiger partial charge in [-0.15, -0.1) is 0 Å². The van der Waals surface area contributed by atoms with E-state index in [9.17, 15) is 13.2 Å². The topological polar surface area (TPSA) is 80.7 Å². The Morgan fingerprint density at radius 2 is 1.95 bits per heavy atom. The minimum Gasteiger partial charge on any atom is -0.497 e. The van der Waals surface area contributed by atoms with Crippen LogP contribution in [0.25, 0.3) is 10.8 Å². The quantitative estimate of drug-likeness (QED) is 0.931. The molecular formula is C14H14O5S. The third-order valence-corrected chi connectivity index (χ3v) is 4.20. The monoisotopic (exact) mass is 294 g/mol. The van der Waals surface area contributed by atoms with E-state index in [1.165, 1.54) is 13.2 Å². The maximum atomic E-state index is 12.0. The number of aliphatic carboxylic acids is 1. The molecule has 0 aromatic heterocycles. The van der Waals surface area contributed by atoms with Crippen molar-refractivity contribution in [2.24, 2.45) is 0 Å². The van der Waals surface area contributed by atoms with Crippen molar-refractivity contribution in [3.63, 3.8) is 0 Å². The molecule has 0 aliphatic carbocycles. The minimum atomic E-state index is -3.53. The fraction of sp³-hybridized carbons (Fsp3) is 0.214. The molecule has 0 aliphatic heterocycles. The summed E-state index contributed by atoms with van der Waals surface area (Å²) in [4.78, 5) is 10.9. The zero-order valence-corrected chi connectivity index (χ0v) is 11.9. The van der Waals surface area contributed by atoms with Crippen molar-refractivity contribution in [3.8, 4) is 5.75 Å². The number of ether oxygens (including phenoxy) is 1. The normalized spacial score (nSPS) is 11.5. The summed E-state index contributed by atoms with van der Waals surface area (Å²) in [6.07, 6.45) is 0.752. The molecule has 0 atom stereocenters. The van der Waals surface area contributed by atoms with Crippen LogP contribution in [0.1, 0.15) is 5.56 Å². The molecule has 2 aromatic rings. The van der Waals surface area contributed by atoms with Crippen LogP contribution in [0.15, 0.2) is 35.2 Å². The average molecular weight is 294 g/mol. The van der Waals surface area contributed by atoms with Crippen molar-refractivity contribution in [1.82, 2.24) is 0 Å². The molecule has 0 amide bonds. The van der Waals surface area contributed by atoms with Gasteiger partial charge in [0.2, 0.25) is 0 Å². The maximum absolute atomic E-state index is 12.0. The highest BCUT2D eigenvalue weighted by molar-refractivity contribution is 7.91. The largest absolute Gasteiger partial charge is 0.497 e. The average Bonchev–Trinajstić information content (AvgIpc) is 2.35. The number of hydrogen-bond donors (Lipinski definition) is 1. The van der Waals surface area contributed by atoms with Crippen molar-refractivity contribution in [3.05, 3.63) is 35.9 Å². The summed E-state index contributed by atoms with van der Waals surface area (Å²) in [5.41, 5.74) is 0.290. The lowest BCUT2D eigenvalue weighted by Gasteiger charge is -2.11. The van der Waals surface area contributed by atoms with E-state index in [1.54, 1.807) is 24.3 Å². The molecule has 0 unspecified atom stereocenters. The van der Waals surface area contributed by atoms with Crippen molar-refractivity contribution >= 4 is 26.6 Å². The highest BCUT2D eigenvalue weighted by Gasteiger charge is 2.19. The number of rotatable bonds is 4. The summed E-state index contributed by atoms with van der Waals surface area (Å²) in [7, 11) is -2.00. The van der Waals surface area contributed by atoms with Gasteiger partial charge < -0.3 is 9.84 Å². The summed E-state index contributed by atoms with van der Waals surface area (Å²) in [5, 5.41) is 10.1. The number of methoxy groups -OCH3 is 1. The van der Waals surface area contributed by atoms with Crippen molar-refractivity contribution in [2.45, 2.75) is 11.3 Å². The first-order valence-corrected chi connectivity index (χ1v) is 7.73. The Bertz CT molecular complexity index is 777. The maximum Gasteiger partial charge on any atom is 0.307 e. The number of fused-ring (bicyclic) bond motifs is 1. The molecule has 0 fully saturated rings. The first kappa shape index (κ1) is 14.3. The summed E-state index contributed by atoms with van der Waals surface area (Å²) < 4.78 is 29.1. The molecule has 1 N–H and O–H groups in total. The molecule has 0 saturated carbocycles. The van der Waals surface area contributed by atoms with E-state index < -0.39 is 15.8 Å². The van der Waals surface area contributed by atoms with Gasteiger partial charge in [-0.25, -0.2) is 8.42 Å². The zero-order valence-electron chi connectivity index (χ0n) is 11.1. The summed E-state index contributed by atoms with van der Waals surface area (Å²) in [5.74, 6) is -0.453. The summed E-state index contributed by atoms with van der Waals surface area (Å²) in [6, 6.07) is 8.24. The van der Waals surface area contributed by atoms with Gasteiger partial charge in [-0.05, 0) is 29.1 Å². The van der Waals surface area contributed by atoms with Gasteiger partial charge in [0.1, 0.15) is 5.75 Å². The van der Waals surface area contributed by atoms with Gasteiger partial charge in [-0.3, -0.25) is 4.79 Å². The smallest absolute Gasteiger partial charge is 0.307 e. The van der Waals surface area contributed by atoms with Crippen molar-refractivity contribution < 1.29 is 23.1 Å². The second-order valence-electron chi connectivity index (χ2n) is 4.48. The van der Waals surface area contributed by atoms with E-state index in [1.807, 2.05) is 0 Å². The van der Waals surface area contributed by atoms with Crippen LogP contribution in [0.5, 0.6) is 5.75 Å². The van der Waals surface area contributed by atoms with Crippen LogP contribution in [-0.4, -0.2) is 32.9 Å². The van der Waals surface area contributed by atoms with Crippen molar-refractivity contribution in [1.29, 1.82) is 0 Å². The molecule has 20 heavy (non-hydrogen) atoms. The molecule has 0 bridgehead atoms. The van der Waals surface area contributed by atoms with Crippen LogP contribution in [-0.2, 0) is 21.1 Å². The number of sulfone groups is 1. The predicted molar refractivity (Wildman–Crippen MR) is 74.9 cm³/mol. The van der Waals surface area contributed by atoms with Crippen LogP contribution in [0, 0.1) is 0 Å². The van der Waals surface area contributed by atoms with E-state index in [0.717, 1.165) is 6.26 Å². The predicted octanol–water partition coefficient (Wildman–Crippen LogP) is 1.88. The molecule has 106 valence electrons. The number of benzene rings is 2. The Hall–Kier alpha value is -2.08. The second kappa shape index (κ2) is 5.13. The zero-order chi connectivity index (χ0) is 14.9. The van der Waals surface area contributed by atoms with Gasteiger partial charge >= 0.3 is 5.97 Å². The van der Waals surface area contributed by atoms with E-state index in [-0.39, 0.29) is 16.9 Å². The highest BCUT2D eigenvalue weighted by Crippen LogP contribution is 2.30. The lowest BCUT2D eigenvalue weighted by Crippen LogP contribution is -2.08.